The minimum atomic E-state index is -1.04. The Morgan fingerprint density at radius 3 is 2.69 bits per heavy atom. The number of hydrogen-bond acceptors (Lipinski definition) is 5. The number of amides is 2. The molecule has 0 spiro atoms. The maximum Gasteiger partial charge on any atom is 0.255 e. The van der Waals surface area contributed by atoms with Crippen LogP contribution in [0.15, 0.2) is 65.5 Å². The highest BCUT2D eigenvalue weighted by atomic mass is 35.5. The van der Waals surface area contributed by atoms with Crippen LogP contribution < -0.4 is 5.32 Å². The molecule has 5 rings (SSSR count). The van der Waals surface area contributed by atoms with Crippen LogP contribution in [0.5, 0.6) is 0 Å². The van der Waals surface area contributed by atoms with Crippen molar-refractivity contribution in [3.63, 3.8) is 0 Å². The van der Waals surface area contributed by atoms with E-state index in [2.05, 4.69) is 10.4 Å². The van der Waals surface area contributed by atoms with Crippen molar-refractivity contribution in [2.45, 2.75) is 70.1 Å². The smallest absolute Gasteiger partial charge is 0.255 e. The number of ether oxygens (including phenoxy) is 2. The molecular weight excluding hydrogens is 480 g/mol. The highest BCUT2D eigenvalue weighted by molar-refractivity contribution is 6.31. The van der Waals surface area contributed by atoms with Crippen molar-refractivity contribution in [2.24, 2.45) is 0 Å². The number of nitrogens with one attached hydrogen (secondary N) is 1. The van der Waals surface area contributed by atoms with E-state index in [-0.39, 0.29) is 17.9 Å². The van der Waals surface area contributed by atoms with Gasteiger partial charge in [0.25, 0.3) is 11.8 Å². The Balaban J connectivity index is 1.26. The van der Waals surface area contributed by atoms with Crippen molar-refractivity contribution in [3.8, 4) is 5.69 Å². The van der Waals surface area contributed by atoms with Crippen LogP contribution in [0.2, 0.25) is 0 Å². The Bertz CT molecular complexity index is 1170. The first kappa shape index (κ1) is 24.7. The van der Waals surface area contributed by atoms with Crippen LogP contribution in [0.4, 0.5) is 0 Å². The van der Waals surface area contributed by atoms with Crippen LogP contribution in [0, 0.1) is 0 Å². The van der Waals surface area contributed by atoms with E-state index in [0.717, 1.165) is 42.5 Å². The molecule has 190 valence electrons. The summed E-state index contributed by atoms with van der Waals surface area (Å²) in [6.07, 6.45) is 9.05. The van der Waals surface area contributed by atoms with Crippen molar-refractivity contribution >= 4 is 23.4 Å². The van der Waals surface area contributed by atoms with Crippen molar-refractivity contribution in [1.82, 2.24) is 20.0 Å². The van der Waals surface area contributed by atoms with Gasteiger partial charge in [0, 0.05) is 30.5 Å². The fourth-order valence-electron chi connectivity index (χ4n) is 5.14. The summed E-state index contributed by atoms with van der Waals surface area (Å²) in [5, 5.41) is 7.85. The summed E-state index contributed by atoms with van der Waals surface area (Å²) < 4.78 is 13.7. The van der Waals surface area contributed by atoms with E-state index < -0.39 is 18.0 Å². The molecule has 2 aromatic rings. The highest BCUT2D eigenvalue weighted by Crippen LogP contribution is 2.35. The topological polar surface area (TPSA) is 85.7 Å². The SMILES string of the molecule is CC1(C)O[C@@H](C(=O)NCc2ccc(-n3cccn3)cc2)[C@H](C(=O)N2CCCC2C2=CC(Cl)=CCC2)O1. The molecule has 3 atom stereocenters. The molecular formula is C27H31ClN4O4. The van der Waals surface area contributed by atoms with E-state index in [9.17, 15) is 9.59 Å². The Kier molecular flexibility index (Phi) is 7.01. The van der Waals surface area contributed by atoms with Crippen LogP contribution in [-0.2, 0) is 25.6 Å². The predicted octanol–water partition coefficient (Wildman–Crippen LogP) is 3.84. The monoisotopic (exact) mass is 510 g/mol. The number of benzene rings is 1. The fraction of sp³-hybridized carbons (Fsp3) is 0.444. The second-order valence-corrected chi connectivity index (χ2v) is 10.3. The molecule has 3 aliphatic rings. The minimum Gasteiger partial charge on any atom is -0.350 e. The van der Waals surface area contributed by atoms with Gasteiger partial charge < -0.3 is 19.7 Å². The number of allylic oxidation sites excluding steroid dienone is 3. The molecule has 36 heavy (non-hydrogen) atoms. The summed E-state index contributed by atoms with van der Waals surface area (Å²) in [4.78, 5) is 28.7. The summed E-state index contributed by atoms with van der Waals surface area (Å²) in [5.41, 5.74) is 3.01. The third kappa shape index (κ3) is 5.26. The molecule has 0 radical (unpaired) electrons. The Morgan fingerprint density at radius 2 is 1.97 bits per heavy atom. The van der Waals surface area contributed by atoms with Crippen LogP contribution in [0.1, 0.15) is 45.1 Å². The number of nitrogens with zero attached hydrogens (tertiary/aromatic N) is 3. The summed E-state index contributed by atoms with van der Waals surface area (Å²) in [6.45, 7) is 4.39. The van der Waals surface area contributed by atoms with Crippen molar-refractivity contribution in [3.05, 3.63) is 71.0 Å². The van der Waals surface area contributed by atoms with E-state index in [1.807, 2.05) is 53.6 Å². The second-order valence-electron chi connectivity index (χ2n) is 9.85. The number of hydrogen-bond donors (Lipinski definition) is 1. The molecule has 0 bridgehead atoms. The van der Waals surface area contributed by atoms with Gasteiger partial charge >= 0.3 is 0 Å². The number of halogens is 1. The van der Waals surface area contributed by atoms with Crippen molar-refractivity contribution in [1.29, 1.82) is 0 Å². The van der Waals surface area contributed by atoms with Gasteiger partial charge in [0.1, 0.15) is 0 Å². The molecule has 1 N–H and O–H groups in total. The summed E-state index contributed by atoms with van der Waals surface area (Å²) in [5.74, 6) is -1.62. The first-order valence-electron chi connectivity index (χ1n) is 12.4. The predicted molar refractivity (Wildman–Crippen MR) is 135 cm³/mol. The van der Waals surface area contributed by atoms with Gasteiger partial charge in [0.2, 0.25) is 0 Å². The van der Waals surface area contributed by atoms with Crippen LogP contribution in [-0.4, -0.2) is 57.1 Å². The van der Waals surface area contributed by atoms with Crippen molar-refractivity contribution < 1.29 is 19.1 Å². The number of carbonyl (C=O) groups excluding carboxylic acids is 2. The van der Waals surface area contributed by atoms with E-state index in [4.69, 9.17) is 21.1 Å². The molecule has 1 aromatic carbocycles. The first-order chi connectivity index (χ1) is 17.3. The lowest BCUT2D eigenvalue weighted by atomic mass is 9.95. The average Bonchev–Trinajstić information content (AvgIpc) is 3.62. The van der Waals surface area contributed by atoms with Gasteiger partial charge in [-0.3, -0.25) is 9.59 Å². The lowest BCUT2D eigenvalue weighted by Crippen LogP contribution is -2.50. The molecule has 2 aliphatic heterocycles. The van der Waals surface area contributed by atoms with E-state index >= 15 is 0 Å². The van der Waals surface area contributed by atoms with Gasteiger partial charge in [-0.05, 0) is 74.9 Å². The molecule has 2 fully saturated rings. The zero-order valence-electron chi connectivity index (χ0n) is 20.5. The number of likely N-dealkylation sites (tertiary alicyclic amines) is 1. The van der Waals surface area contributed by atoms with Gasteiger partial charge in [0.15, 0.2) is 18.0 Å². The molecule has 2 amide bonds. The van der Waals surface area contributed by atoms with Crippen LogP contribution in [0.25, 0.3) is 5.69 Å². The molecule has 3 heterocycles. The Morgan fingerprint density at radius 1 is 1.19 bits per heavy atom. The maximum absolute atomic E-state index is 13.7. The van der Waals surface area contributed by atoms with Crippen molar-refractivity contribution in [2.75, 3.05) is 6.54 Å². The second kappa shape index (κ2) is 10.2. The molecule has 2 saturated heterocycles. The zero-order chi connectivity index (χ0) is 25.3. The Labute approximate surface area is 215 Å². The third-order valence-corrected chi connectivity index (χ3v) is 7.09. The lowest BCUT2D eigenvalue weighted by Gasteiger charge is -2.30. The summed E-state index contributed by atoms with van der Waals surface area (Å²) in [7, 11) is 0. The van der Waals surface area contributed by atoms with Crippen LogP contribution in [0.3, 0.4) is 0 Å². The molecule has 8 nitrogen and oxygen atoms in total. The minimum absolute atomic E-state index is 0.0238. The Hall–Kier alpha value is -2.94. The largest absolute Gasteiger partial charge is 0.350 e. The molecule has 1 aliphatic carbocycles. The van der Waals surface area contributed by atoms with Gasteiger partial charge in [-0.15, -0.1) is 0 Å². The maximum atomic E-state index is 13.7. The number of carbonyl (C=O) groups is 2. The van der Waals surface area contributed by atoms with Gasteiger partial charge in [-0.25, -0.2) is 4.68 Å². The molecule has 0 saturated carbocycles. The highest BCUT2D eigenvalue weighted by Gasteiger charge is 2.51. The quantitative estimate of drug-likeness (QED) is 0.638. The van der Waals surface area contributed by atoms with Gasteiger partial charge in [-0.2, -0.15) is 5.10 Å². The fourth-order valence-corrected chi connectivity index (χ4v) is 5.39. The summed E-state index contributed by atoms with van der Waals surface area (Å²) >= 11 is 6.25. The normalized spacial score (nSPS) is 25.4. The van der Waals surface area contributed by atoms with E-state index in [1.165, 1.54) is 0 Å². The van der Waals surface area contributed by atoms with E-state index in [0.29, 0.717) is 18.1 Å². The number of aromatic nitrogens is 2. The number of rotatable bonds is 6. The molecule has 1 unspecified atom stereocenters. The van der Waals surface area contributed by atoms with Gasteiger partial charge in [0.05, 0.1) is 11.7 Å². The first-order valence-corrected chi connectivity index (χ1v) is 12.8. The standard InChI is InChI=1S/C27H31ClN4O4/c1-27(2)35-23(25(33)29-17-18-9-11-21(12-10-18)32-15-5-13-30-32)24(36-27)26(34)31-14-4-8-22(31)19-6-3-7-20(28)16-19/h5,7,9-13,15-16,22-24H,3-4,6,8,14,17H2,1-2H3,(H,29,33)/t22?,23-,24-/m1/s1. The molecule has 9 heteroatoms. The van der Waals surface area contributed by atoms with Gasteiger partial charge in [-0.1, -0.05) is 29.8 Å². The zero-order valence-corrected chi connectivity index (χ0v) is 21.3. The lowest BCUT2D eigenvalue weighted by molar-refractivity contribution is -0.163. The average molecular weight is 511 g/mol. The molecule has 1 aromatic heterocycles. The van der Waals surface area contributed by atoms with Crippen LogP contribution >= 0.6 is 11.6 Å². The summed E-state index contributed by atoms with van der Waals surface area (Å²) in [6, 6.07) is 9.58. The van der Waals surface area contributed by atoms with E-state index in [1.54, 1.807) is 24.7 Å². The third-order valence-electron chi connectivity index (χ3n) is 6.83.